The summed E-state index contributed by atoms with van der Waals surface area (Å²) in [5.74, 6) is -1.53. The Bertz CT molecular complexity index is 1100. The maximum absolute atomic E-state index is 11.3. The molecule has 3 rings (SSSR count). The molecule has 9 nitrogen and oxygen atoms in total. The molecule has 32 heavy (non-hydrogen) atoms. The number of nitrogens with one attached hydrogen (secondary N) is 1. The first kappa shape index (κ1) is 18.1. The van der Waals surface area contributed by atoms with Crippen molar-refractivity contribution in [3.8, 4) is 5.75 Å². The van der Waals surface area contributed by atoms with E-state index in [1.165, 1.54) is 0 Å². The molecule has 170 valence electrons. The van der Waals surface area contributed by atoms with E-state index in [2.05, 4.69) is 5.32 Å². The van der Waals surface area contributed by atoms with Gasteiger partial charge in [0.25, 0.3) is 0 Å². The van der Waals surface area contributed by atoms with Gasteiger partial charge in [0, 0.05) is 27.5 Å². The van der Waals surface area contributed by atoms with Gasteiger partial charge >= 0.3 is 29.6 Å². The molecule has 0 radical (unpaired) electrons. The van der Waals surface area contributed by atoms with Crippen molar-refractivity contribution >= 4 is 16.7 Å². The molecule has 0 bridgehead atoms. The Balaban J connectivity index is 0.00000533. The van der Waals surface area contributed by atoms with Crippen LogP contribution in [0.15, 0.2) is 42.5 Å². The summed E-state index contributed by atoms with van der Waals surface area (Å²) in [4.78, 5) is 11.3. The minimum atomic E-state index is -3.31. The van der Waals surface area contributed by atoms with Crippen molar-refractivity contribution in [3.63, 3.8) is 0 Å². The molecular formula is C22H28NNaO8. The average molecular weight is 464 g/mol. The zero-order chi connectivity index (χ0) is 28.5. The number of carbonyl (C=O) groups is 1. The normalized spacial score (nSPS) is 30.8. The van der Waals surface area contributed by atoms with Crippen molar-refractivity contribution in [2.24, 2.45) is 0 Å². The largest absolute Gasteiger partial charge is 1.00 e. The molecule has 0 amide bonds. The number of carbonyl (C=O) groups excluding carboxylic acids is 1. The summed E-state index contributed by atoms with van der Waals surface area (Å²) < 4.78 is 70.1. The van der Waals surface area contributed by atoms with E-state index < -0.39 is 75.7 Å². The van der Waals surface area contributed by atoms with Crippen molar-refractivity contribution in [1.82, 2.24) is 5.32 Å². The number of rotatable bonds is 9. The summed E-state index contributed by atoms with van der Waals surface area (Å²) in [5.41, 5.74) is 0. The third kappa shape index (κ3) is 6.63. The van der Waals surface area contributed by atoms with Gasteiger partial charge in [-0.3, -0.25) is 0 Å². The van der Waals surface area contributed by atoms with Gasteiger partial charge in [-0.25, -0.2) is 0 Å². The van der Waals surface area contributed by atoms with E-state index in [0.717, 1.165) is 5.39 Å². The third-order valence-electron chi connectivity index (χ3n) is 4.81. The van der Waals surface area contributed by atoms with Gasteiger partial charge in [0.2, 0.25) is 0 Å². The first-order valence-corrected chi connectivity index (χ1v) is 9.48. The van der Waals surface area contributed by atoms with Crippen LogP contribution in [0, 0.1) is 0 Å². The standard InChI is InChI=1S/C22H29NO8.Na/c1-12(2)23-10-14(11-29-16-9-5-7-13-6-3-4-8-15(13)16)30-22-19(26)17(24)18(25)20(31-22)21(27)28;/h3-9,12,14,17-20,22-26H,10-11H2,1-2H3,(H,27,28);/q;+1/p-1/i1D3,2D3,12D;. The van der Waals surface area contributed by atoms with Crippen molar-refractivity contribution in [2.75, 3.05) is 13.2 Å². The molecule has 2 aromatic rings. The molecule has 1 aliphatic heterocycles. The van der Waals surface area contributed by atoms with E-state index in [0.29, 0.717) is 11.1 Å². The second-order valence-electron chi connectivity index (χ2n) is 7.02. The van der Waals surface area contributed by atoms with Crippen LogP contribution in [0.4, 0.5) is 0 Å². The van der Waals surface area contributed by atoms with Crippen LogP contribution in [0.1, 0.15) is 23.3 Å². The van der Waals surface area contributed by atoms with E-state index in [-0.39, 0.29) is 29.6 Å². The summed E-state index contributed by atoms with van der Waals surface area (Å²) in [6.45, 7) is -7.67. The number of aliphatic carboxylic acids is 1. The number of hydrogen-bond donors (Lipinski definition) is 4. The summed E-state index contributed by atoms with van der Waals surface area (Å²) in [6.07, 6.45) is -11.3. The molecule has 0 saturated carbocycles. The van der Waals surface area contributed by atoms with Gasteiger partial charge in [0.05, 0.1) is 5.97 Å². The molecule has 10 heteroatoms. The van der Waals surface area contributed by atoms with E-state index in [1.54, 1.807) is 24.3 Å². The van der Waals surface area contributed by atoms with Crippen molar-refractivity contribution in [2.45, 2.75) is 56.5 Å². The predicted molar refractivity (Wildman–Crippen MR) is 109 cm³/mol. The first-order valence-electron chi connectivity index (χ1n) is 13.0. The molecule has 1 saturated heterocycles. The van der Waals surface area contributed by atoms with E-state index in [4.69, 9.17) is 23.8 Å². The van der Waals surface area contributed by atoms with Crippen LogP contribution in [0.25, 0.3) is 10.8 Å². The number of ether oxygens (including phenoxy) is 3. The molecule has 1 aliphatic rings. The zero-order valence-electron chi connectivity index (χ0n) is 24.3. The van der Waals surface area contributed by atoms with Crippen molar-refractivity contribution < 1.29 is 78.6 Å². The third-order valence-corrected chi connectivity index (χ3v) is 4.81. The summed E-state index contributed by atoms with van der Waals surface area (Å²) in [5, 5.41) is 45.3. The summed E-state index contributed by atoms with van der Waals surface area (Å²) in [7, 11) is 0. The maximum atomic E-state index is 11.3. The Morgan fingerprint density at radius 2 is 1.91 bits per heavy atom. The maximum Gasteiger partial charge on any atom is 1.00 e. The Kier molecular flexibility index (Phi) is 6.94. The molecular weight excluding hydrogens is 429 g/mol. The van der Waals surface area contributed by atoms with Crippen molar-refractivity contribution in [1.29, 1.82) is 0 Å². The Morgan fingerprint density at radius 3 is 2.62 bits per heavy atom. The summed E-state index contributed by atoms with van der Waals surface area (Å²) >= 11 is 0. The van der Waals surface area contributed by atoms with Gasteiger partial charge in [0.1, 0.15) is 42.9 Å². The molecule has 1 fully saturated rings. The van der Waals surface area contributed by atoms with Gasteiger partial charge in [-0.2, -0.15) is 0 Å². The number of carboxylic acid groups (broad SMARTS) is 1. The number of carboxylic acids is 1. The van der Waals surface area contributed by atoms with Crippen molar-refractivity contribution in [3.05, 3.63) is 42.5 Å². The molecule has 1 heterocycles. The SMILES string of the molecule is [2H]C([2H])([2H])C([2H])(NCC(COc1cccc2ccccc12)OC1OC(C(=O)[O-])C(O)C(O)C1O)C([2H])([2H])[2H].[Na+]. The number of hydrogen-bond acceptors (Lipinski definition) is 9. The topological polar surface area (TPSA) is 141 Å². The fraction of sp³-hybridized carbons (Fsp3) is 0.500. The second kappa shape index (κ2) is 12.3. The number of fused-ring (bicyclic) bond motifs is 1. The number of aliphatic hydroxyl groups is 3. The first-order chi connectivity index (χ1) is 17.6. The quantitative estimate of drug-likeness (QED) is 0.275. The fourth-order valence-corrected chi connectivity index (χ4v) is 3.21. The number of benzene rings is 2. The molecule has 2 aromatic carbocycles. The predicted octanol–water partition coefficient (Wildman–Crippen LogP) is -3.84. The van der Waals surface area contributed by atoms with E-state index in [9.17, 15) is 25.2 Å². The Hall–Kier alpha value is -1.27. The molecule has 4 N–H and O–H groups in total. The monoisotopic (exact) mass is 464 g/mol. The van der Waals surface area contributed by atoms with E-state index >= 15 is 0 Å². The Labute approximate surface area is 218 Å². The van der Waals surface area contributed by atoms with Crippen LogP contribution in [0.3, 0.4) is 0 Å². The molecule has 6 unspecified atom stereocenters. The van der Waals surface area contributed by atoms with Crippen LogP contribution < -0.4 is 44.7 Å². The summed E-state index contributed by atoms with van der Waals surface area (Å²) in [6, 6.07) is 9.23. The van der Waals surface area contributed by atoms with Gasteiger partial charge < -0.3 is 44.7 Å². The smallest absolute Gasteiger partial charge is 0.547 e. The minimum Gasteiger partial charge on any atom is -0.547 e. The average Bonchev–Trinajstić information content (AvgIpc) is 2.83. The number of aliphatic hydroxyl groups excluding tert-OH is 3. The van der Waals surface area contributed by atoms with Gasteiger partial charge in [-0.05, 0) is 11.5 Å². The van der Waals surface area contributed by atoms with Crippen LogP contribution in [-0.4, -0.2) is 77.3 Å². The van der Waals surface area contributed by atoms with Crippen LogP contribution in [0.5, 0.6) is 5.75 Å². The molecule has 0 spiro atoms. The Morgan fingerprint density at radius 1 is 1.19 bits per heavy atom. The van der Waals surface area contributed by atoms with Gasteiger partial charge in [0.15, 0.2) is 6.29 Å². The molecule has 6 atom stereocenters. The molecule has 0 aromatic heterocycles. The molecule has 0 aliphatic carbocycles. The van der Waals surface area contributed by atoms with E-state index in [1.807, 2.05) is 18.2 Å². The minimum absolute atomic E-state index is 0. The van der Waals surface area contributed by atoms with Crippen LogP contribution in [0.2, 0.25) is 0 Å². The van der Waals surface area contributed by atoms with Crippen LogP contribution >= 0.6 is 0 Å². The second-order valence-corrected chi connectivity index (χ2v) is 7.02. The fourth-order valence-electron chi connectivity index (χ4n) is 3.21. The van der Waals surface area contributed by atoms with Crippen LogP contribution in [-0.2, 0) is 14.3 Å². The zero-order valence-corrected chi connectivity index (χ0v) is 19.3. The van der Waals surface area contributed by atoms with Gasteiger partial charge in [-0.15, -0.1) is 0 Å². The van der Waals surface area contributed by atoms with Gasteiger partial charge in [-0.1, -0.05) is 50.1 Å².